The molecular formula is C48H61IN6O14. The van der Waals surface area contributed by atoms with E-state index in [1.54, 1.807) is 36.4 Å². The van der Waals surface area contributed by atoms with Crippen LogP contribution in [0.5, 0.6) is 34.5 Å². The molecule has 0 saturated carbocycles. The van der Waals surface area contributed by atoms with Crippen molar-refractivity contribution in [2.45, 2.75) is 51.9 Å². The zero-order valence-corrected chi connectivity index (χ0v) is 41.9. The van der Waals surface area contributed by atoms with Gasteiger partial charge in [0.05, 0.1) is 107 Å². The van der Waals surface area contributed by atoms with Crippen molar-refractivity contribution in [3.63, 3.8) is 0 Å². The molecule has 0 aliphatic carbocycles. The first-order chi connectivity index (χ1) is 33.2. The van der Waals surface area contributed by atoms with Gasteiger partial charge in [0, 0.05) is 57.0 Å². The van der Waals surface area contributed by atoms with E-state index in [9.17, 15) is 39.3 Å². The summed E-state index contributed by atoms with van der Waals surface area (Å²) in [5.74, 6) is -0.872. The van der Waals surface area contributed by atoms with E-state index in [2.05, 4.69) is 10.2 Å². The summed E-state index contributed by atoms with van der Waals surface area (Å²) in [5, 5.41) is 32.0. The molecule has 2 heterocycles. The third kappa shape index (κ3) is 17.3. The van der Waals surface area contributed by atoms with Crippen LogP contribution < -0.4 is 33.7 Å². The summed E-state index contributed by atoms with van der Waals surface area (Å²) < 4.78 is 34.7. The van der Waals surface area contributed by atoms with Crippen molar-refractivity contribution in [3.8, 4) is 56.8 Å². The van der Waals surface area contributed by atoms with E-state index in [4.69, 9.17) is 38.4 Å². The molecule has 374 valence electrons. The minimum absolute atomic E-state index is 0.0163. The Morgan fingerprint density at radius 2 is 0.928 bits per heavy atom. The summed E-state index contributed by atoms with van der Waals surface area (Å²) >= 11 is 2.02. The monoisotopic (exact) mass is 1070 g/mol. The minimum atomic E-state index is -1.21. The molecule has 2 aromatic heterocycles. The van der Waals surface area contributed by atoms with Gasteiger partial charge >= 0.3 is 17.9 Å². The fourth-order valence-corrected chi connectivity index (χ4v) is 8.01. The molecule has 0 aliphatic rings. The van der Waals surface area contributed by atoms with Crippen LogP contribution in [0.4, 0.5) is 0 Å². The molecule has 0 fully saturated rings. The number of nitrogens with zero attached hydrogens (tertiary/aromatic N) is 5. The molecule has 21 heteroatoms. The van der Waals surface area contributed by atoms with E-state index in [0.29, 0.717) is 103 Å². The van der Waals surface area contributed by atoms with Crippen molar-refractivity contribution in [2.24, 2.45) is 0 Å². The van der Waals surface area contributed by atoms with Crippen LogP contribution in [-0.4, -0.2) is 156 Å². The van der Waals surface area contributed by atoms with E-state index in [-0.39, 0.29) is 38.6 Å². The number of pyridine rings is 2. The van der Waals surface area contributed by atoms with E-state index >= 15 is 0 Å². The number of aromatic nitrogens is 2. The van der Waals surface area contributed by atoms with Crippen LogP contribution in [0.25, 0.3) is 22.3 Å². The maximum Gasteiger partial charge on any atom is 0.317 e. The molecule has 0 unspecified atom stereocenters. The number of rotatable bonds is 32. The van der Waals surface area contributed by atoms with Gasteiger partial charge in [0.15, 0.2) is 0 Å². The lowest BCUT2D eigenvalue weighted by molar-refractivity contribution is -0.142. The van der Waals surface area contributed by atoms with Gasteiger partial charge in [0.2, 0.25) is 5.91 Å². The number of carbonyl (C=O) groups is 5. The Morgan fingerprint density at radius 3 is 1.29 bits per heavy atom. The van der Waals surface area contributed by atoms with Crippen molar-refractivity contribution in [1.29, 1.82) is 0 Å². The number of carbonyl (C=O) groups excluding carboxylic acids is 2. The first-order valence-corrected chi connectivity index (χ1v) is 23.4. The predicted molar refractivity (Wildman–Crippen MR) is 263 cm³/mol. The predicted octanol–water partition coefficient (Wildman–Crippen LogP) is 5.03. The van der Waals surface area contributed by atoms with Gasteiger partial charge in [-0.2, -0.15) is 0 Å². The molecule has 0 radical (unpaired) electrons. The van der Waals surface area contributed by atoms with E-state index < -0.39 is 37.5 Å². The maximum absolute atomic E-state index is 11.9. The second-order valence-electron chi connectivity index (χ2n) is 15.8. The number of alkyl halides is 1. The molecule has 0 saturated heterocycles. The second-order valence-corrected chi connectivity index (χ2v) is 16.5. The van der Waals surface area contributed by atoms with Crippen molar-refractivity contribution in [2.75, 3.05) is 86.4 Å². The Hall–Kier alpha value is -6.30. The van der Waals surface area contributed by atoms with Crippen molar-refractivity contribution in [1.82, 2.24) is 30.0 Å². The van der Waals surface area contributed by atoms with Crippen LogP contribution in [-0.2, 0) is 50.2 Å². The molecule has 69 heavy (non-hydrogen) atoms. The van der Waals surface area contributed by atoms with Gasteiger partial charge in [-0.25, -0.2) is 0 Å². The highest BCUT2D eigenvalue weighted by atomic mass is 127. The summed E-state index contributed by atoms with van der Waals surface area (Å²) in [6.45, 7) is -0.225. The Kier molecular flexibility index (Phi) is 22.6. The largest absolute Gasteiger partial charge is 0.496 e. The highest BCUT2D eigenvalue weighted by molar-refractivity contribution is 14.1. The van der Waals surface area contributed by atoms with Gasteiger partial charge in [0.1, 0.15) is 40.8 Å². The lowest BCUT2D eigenvalue weighted by Gasteiger charge is -2.25. The van der Waals surface area contributed by atoms with Gasteiger partial charge in [-0.3, -0.25) is 43.8 Å². The average molecular weight is 1070 g/mol. The molecule has 4 rings (SSSR count). The smallest absolute Gasteiger partial charge is 0.317 e. The molecule has 1 amide bonds. The topological polar surface area (TPSA) is 249 Å². The fraction of sp³-hybridized carbons (Fsp3) is 0.438. The Morgan fingerprint density at radius 1 is 0.551 bits per heavy atom. The number of methoxy groups -OCH3 is 6. The number of carboxylic acids is 3. The first kappa shape index (κ1) is 55.3. The van der Waals surface area contributed by atoms with Gasteiger partial charge in [-0.15, -0.1) is 0 Å². The highest BCUT2D eigenvalue weighted by Crippen LogP contribution is 2.44. The number of aldehydes is 1. The summed E-state index contributed by atoms with van der Waals surface area (Å²) in [4.78, 5) is 74.1. The molecule has 2 aromatic carbocycles. The molecule has 4 N–H and O–H groups in total. The van der Waals surface area contributed by atoms with Gasteiger partial charge in [-0.05, 0) is 54.8 Å². The Labute approximate surface area is 414 Å². The minimum Gasteiger partial charge on any atom is -0.496 e. The standard InChI is InChI=1S/C48H61IN6O14/c1-64-37-19-39(66-3)47(40(20-37)67-4)31-15-33(51-35(17-31)26-54(13-14-56)28-44(58)59)24-53(12-10-8-7-9-11-50-43(57)23-49)25-34-16-32(48-41(68-5)21-38(65-2)22-42(48)69-6)18-36(52-34)27-55(29-45(60)61)30-46(62)63/h14-22H,7-13,23-30H2,1-6H3,(H,50,57)(H,58,59)(H,60,61)(H,62,63). The third-order valence-corrected chi connectivity index (χ3v) is 11.4. The number of benzene rings is 2. The number of hydrogen-bond donors (Lipinski definition) is 4. The average Bonchev–Trinajstić information content (AvgIpc) is 3.31. The number of amides is 1. The summed E-state index contributed by atoms with van der Waals surface area (Å²) in [7, 11) is 9.10. The molecule has 0 atom stereocenters. The van der Waals surface area contributed by atoms with Crippen LogP contribution in [0, 0.1) is 0 Å². The summed E-state index contributed by atoms with van der Waals surface area (Å²) in [6, 6.07) is 14.1. The lowest BCUT2D eigenvalue weighted by atomic mass is 10.0. The van der Waals surface area contributed by atoms with Gasteiger partial charge < -0.3 is 53.9 Å². The van der Waals surface area contributed by atoms with Crippen LogP contribution in [0.2, 0.25) is 0 Å². The van der Waals surface area contributed by atoms with Gasteiger partial charge in [0.25, 0.3) is 0 Å². The van der Waals surface area contributed by atoms with Gasteiger partial charge in [-0.1, -0.05) is 35.4 Å². The summed E-state index contributed by atoms with van der Waals surface area (Å²) in [6.07, 6.45) is 3.83. The highest BCUT2D eigenvalue weighted by Gasteiger charge is 2.23. The van der Waals surface area contributed by atoms with E-state index in [1.807, 2.05) is 34.7 Å². The zero-order valence-electron chi connectivity index (χ0n) is 39.7. The fourth-order valence-electron chi connectivity index (χ4n) is 7.74. The summed E-state index contributed by atoms with van der Waals surface area (Å²) in [5.41, 5.74) is 4.35. The molecule has 0 bridgehead atoms. The number of unbranched alkanes of at least 4 members (excludes halogenated alkanes) is 3. The normalized spacial score (nSPS) is 11.1. The van der Waals surface area contributed by atoms with Crippen LogP contribution >= 0.6 is 22.6 Å². The third-order valence-electron chi connectivity index (χ3n) is 10.7. The van der Waals surface area contributed by atoms with E-state index in [1.165, 1.54) is 52.5 Å². The number of halogens is 1. The molecule has 0 aliphatic heterocycles. The second kappa shape index (κ2) is 28.3. The molecular weight excluding hydrogens is 1010 g/mol. The van der Waals surface area contributed by atoms with Crippen molar-refractivity contribution in [3.05, 3.63) is 71.3 Å². The Balaban J connectivity index is 1.91. The molecule has 4 aromatic rings. The maximum atomic E-state index is 11.9. The first-order valence-electron chi connectivity index (χ1n) is 21.9. The number of aliphatic carboxylic acids is 3. The zero-order chi connectivity index (χ0) is 50.5. The number of ether oxygens (including phenoxy) is 6. The number of nitrogens with one attached hydrogen (secondary N) is 1. The molecule has 0 spiro atoms. The van der Waals surface area contributed by atoms with Crippen LogP contribution in [0.1, 0.15) is 48.5 Å². The SMILES string of the molecule is COc1cc(OC)c(-c2cc(CN(CC=O)CC(=O)O)nc(CN(CCCCCCNC(=O)CI)Cc3cc(-c4c(OC)cc(OC)cc4OC)cc(CN(CC(=O)O)CC(=O)O)n3)c2)c(OC)c1. The van der Waals surface area contributed by atoms with Crippen molar-refractivity contribution < 1.29 is 67.7 Å². The lowest BCUT2D eigenvalue weighted by Crippen LogP contribution is -2.34. The van der Waals surface area contributed by atoms with E-state index in [0.717, 1.165) is 25.7 Å². The quantitative estimate of drug-likeness (QED) is 0.0217. The van der Waals surface area contributed by atoms with Crippen LogP contribution in [0.15, 0.2) is 48.5 Å². The van der Waals surface area contributed by atoms with Crippen LogP contribution in [0.3, 0.4) is 0 Å². The molecule has 20 nitrogen and oxygen atoms in total. The van der Waals surface area contributed by atoms with Crippen molar-refractivity contribution >= 4 is 52.7 Å². The number of hydrogen-bond acceptors (Lipinski definition) is 16. The number of carboxylic acid groups (broad SMARTS) is 3. The Bertz CT molecular complexity index is 2320.